The van der Waals surface area contributed by atoms with Gasteiger partial charge < -0.3 is 4.90 Å². The summed E-state index contributed by atoms with van der Waals surface area (Å²) in [4.78, 5) is 2.22. The second kappa shape index (κ2) is 3.77. The van der Waals surface area contributed by atoms with E-state index in [1.54, 1.807) is 0 Å². The molecule has 1 nitrogen and oxygen atoms in total. The van der Waals surface area contributed by atoms with Gasteiger partial charge in [-0.25, -0.2) is 0 Å². The van der Waals surface area contributed by atoms with Crippen molar-refractivity contribution in [2.75, 3.05) is 14.1 Å². The first-order valence-electron chi connectivity index (χ1n) is 3.77. The first kappa shape index (κ1) is 9.70. The molecular weight excluding hydrogens is 122 g/mol. The van der Waals surface area contributed by atoms with E-state index in [4.69, 9.17) is 0 Å². The molecule has 0 amide bonds. The zero-order valence-corrected chi connectivity index (χ0v) is 8.02. The van der Waals surface area contributed by atoms with E-state index in [0.29, 0.717) is 6.04 Å². The van der Waals surface area contributed by atoms with E-state index < -0.39 is 0 Å². The second-order valence-corrected chi connectivity index (χ2v) is 3.32. The number of allylic oxidation sites excluding steroid dienone is 1. The molecule has 0 fully saturated rings. The summed E-state index contributed by atoms with van der Waals surface area (Å²) >= 11 is 0. The molecule has 0 rings (SSSR count). The van der Waals surface area contributed by atoms with Crippen molar-refractivity contribution in [2.45, 2.75) is 33.7 Å². The molecule has 0 saturated carbocycles. The monoisotopic (exact) mass is 141 g/mol. The maximum absolute atomic E-state index is 2.22. The van der Waals surface area contributed by atoms with Crippen LogP contribution in [0.5, 0.6) is 0 Å². The summed E-state index contributed by atoms with van der Waals surface area (Å²) in [6.07, 6.45) is 0. The molecule has 0 bridgehead atoms. The molecule has 0 N–H and O–H groups in total. The number of hydrogen-bond acceptors (Lipinski definition) is 1. The predicted octanol–water partition coefficient (Wildman–Crippen LogP) is 2.29. The molecule has 0 unspecified atom stereocenters. The molecule has 0 spiro atoms. The van der Waals surface area contributed by atoms with Gasteiger partial charge in [-0.05, 0) is 41.8 Å². The van der Waals surface area contributed by atoms with Crippen LogP contribution in [-0.4, -0.2) is 25.0 Å². The number of nitrogens with zero attached hydrogens (tertiary/aromatic N) is 1. The zero-order chi connectivity index (χ0) is 8.31. The Morgan fingerprint density at radius 2 is 1.50 bits per heavy atom. The summed E-state index contributed by atoms with van der Waals surface area (Å²) in [5.41, 5.74) is 2.91. The van der Waals surface area contributed by atoms with Crippen molar-refractivity contribution < 1.29 is 0 Å². The van der Waals surface area contributed by atoms with E-state index >= 15 is 0 Å². The fourth-order valence-electron chi connectivity index (χ4n) is 0.805. The van der Waals surface area contributed by atoms with Gasteiger partial charge in [0, 0.05) is 6.04 Å². The highest BCUT2D eigenvalue weighted by Gasteiger charge is 2.06. The Morgan fingerprint density at radius 3 is 1.60 bits per heavy atom. The molecule has 0 aromatic heterocycles. The standard InChI is InChI=1S/C9H19N/c1-7(2)8(3)9(4)10(5)6/h9H,1-6H3/t9-/m1/s1. The van der Waals surface area contributed by atoms with Gasteiger partial charge in [0.1, 0.15) is 0 Å². The third-order valence-electron chi connectivity index (χ3n) is 2.19. The van der Waals surface area contributed by atoms with Gasteiger partial charge >= 0.3 is 0 Å². The van der Waals surface area contributed by atoms with E-state index in [-0.39, 0.29) is 0 Å². The van der Waals surface area contributed by atoms with Crippen molar-refractivity contribution in [1.29, 1.82) is 0 Å². The van der Waals surface area contributed by atoms with Gasteiger partial charge in [-0.2, -0.15) is 0 Å². The Hall–Kier alpha value is -0.300. The van der Waals surface area contributed by atoms with Crippen molar-refractivity contribution in [3.05, 3.63) is 11.1 Å². The minimum Gasteiger partial charge on any atom is -0.303 e. The Bertz CT molecular complexity index is 130. The van der Waals surface area contributed by atoms with Gasteiger partial charge in [0.15, 0.2) is 0 Å². The maximum atomic E-state index is 2.22. The lowest BCUT2D eigenvalue weighted by Crippen LogP contribution is -2.25. The number of likely N-dealkylation sites (N-methyl/N-ethyl adjacent to an activating group) is 1. The normalized spacial score (nSPS) is 13.5. The third kappa shape index (κ3) is 2.53. The predicted molar refractivity (Wildman–Crippen MR) is 47.2 cm³/mol. The first-order valence-corrected chi connectivity index (χ1v) is 3.77. The smallest absolute Gasteiger partial charge is 0.0272 e. The molecular formula is C9H19N. The molecule has 0 aliphatic heterocycles. The van der Waals surface area contributed by atoms with Crippen LogP contribution in [0.1, 0.15) is 27.7 Å². The highest BCUT2D eigenvalue weighted by atomic mass is 15.1. The average Bonchev–Trinajstić information content (AvgIpc) is 1.84. The summed E-state index contributed by atoms with van der Waals surface area (Å²) in [6.45, 7) is 8.74. The Labute approximate surface area is 64.7 Å². The molecule has 0 aromatic carbocycles. The molecule has 1 heteroatoms. The molecule has 0 aliphatic carbocycles. The zero-order valence-electron chi connectivity index (χ0n) is 8.02. The van der Waals surface area contributed by atoms with E-state index in [1.165, 1.54) is 11.1 Å². The lowest BCUT2D eigenvalue weighted by atomic mass is 10.1. The quantitative estimate of drug-likeness (QED) is 0.533. The number of rotatable bonds is 2. The van der Waals surface area contributed by atoms with E-state index in [1.807, 2.05) is 0 Å². The molecule has 0 aliphatic rings. The summed E-state index contributed by atoms with van der Waals surface area (Å²) < 4.78 is 0. The van der Waals surface area contributed by atoms with Crippen LogP contribution in [0.25, 0.3) is 0 Å². The summed E-state index contributed by atoms with van der Waals surface area (Å²) in [5.74, 6) is 0. The Morgan fingerprint density at radius 1 is 1.10 bits per heavy atom. The fourth-order valence-corrected chi connectivity index (χ4v) is 0.805. The maximum Gasteiger partial charge on any atom is 0.0272 e. The van der Waals surface area contributed by atoms with Crippen LogP contribution in [0, 0.1) is 0 Å². The fraction of sp³-hybridized carbons (Fsp3) is 0.778. The van der Waals surface area contributed by atoms with Crippen LogP contribution in [0.2, 0.25) is 0 Å². The molecule has 10 heavy (non-hydrogen) atoms. The minimum atomic E-state index is 0.574. The molecule has 0 radical (unpaired) electrons. The van der Waals surface area contributed by atoms with Crippen LogP contribution < -0.4 is 0 Å². The molecule has 0 heterocycles. The Kier molecular flexibility index (Phi) is 3.66. The van der Waals surface area contributed by atoms with Crippen LogP contribution in [0.4, 0.5) is 0 Å². The third-order valence-corrected chi connectivity index (χ3v) is 2.19. The topological polar surface area (TPSA) is 3.24 Å². The summed E-state index contributed by atoms with van der Waals surface area (Å²) in [7, 11) is 4.22. The first-order chi connectivity index (χ1) is 4.46. The minimum absolute atomic E-state index is 0.574. The van der Waals surface area contributed by atoms with Crippen molar-refractivity contribution in [1.82, 2.24) is 4.90 Å². The lowest BCUT2D eigenvalue weighted by Gasteiger charge is -2.21. The van der Waals surface area contributed by atoms with Crippen LogP contribution in [0.15, 0.2) is 11.1 Å². The average molecular weight is 141 g/mol. The lowest BCUT2D eigenvalue weighted by molar-refractivity contribution is 0.349. The van der Waals surface area contributed by atoms with Crippen LogP contribution in [-0.2, 0) is 0 Å². The number of hydrogen-bond donors (Lipinski definition) is 0. The van der Waals surface area contributed by atoms with Crippen LogP contribution >= 0.6 is 0 Å². The summed E-state index contributed by atoms with van der Waals surface area (Å²) in [5, 5.41) is 0. The highest BCUT2D eigenvalue weighted by Crippen LogP contribution is 2.10. The highest BCUT2D eigenvalue weighted by molar-refractivity contribution is 5.12. The van der Waals surface area contributed by atoms with Gasteiger partial charge in [0.05, 0.1) is 0 Å². The van der Waals surface area contributed by atoms with Crippen LogP contribution in [0.3, 0.4) is 0 Å². The largest absolute Gasteiger partial charge is 0.303 e. The molecule has 1 atom stereocenters. The second-order valence-electron chi connectivity index (χ2n) is 3.32. The van der Waals surface area contributed by atoms with Crippen molar-refractivity contribution in [3.8, 4) is 0 Å². The summed E-state index contributed by atoms with van der Waals surface area (Å²) in [6, 6.07) is 0.574. The van der Waals surface area contributed by atoms with Gasteiger partial charge in [-0.1, -0.05) is 11.1 Å². The van der Waals surface area contributed by atoms with Gasteiger partial charge in [-0.3, -0.25) is 0 Å². The van der Waals surface area contributed by atoms with Gasteiger partial charge in [0.2, 0.25) is 0 Å². The van der Waals surface area contributed by atoms with Gasteiger partial charge in [0.25, 0.3) is 0 Å². The van der Waals surface area contributed by atoms with E-state index in [0.717, 1.165) is 0 Å². The Balaban J connectivity index is 4.22. The molecule has 0 saturated heterocycles. The van der Waals surface area contributed by atoms with Crippen molar-refractivity contribution >= 4 is 0 Å². The van der Waals surface area contributed by atoms with Crippen molar-refractivity contribution in [2.24, 2.45) is 0 Å². The SMILES string of the molecule is CC(C)=C(C)[C@@H](C)N(C)C. The molecule has 60 valence electrons. The molecule has 0 aromatic rings. The van der Waals surface area contributed by atoms with Gasteiger partial charge in [-0.15, -0.1) is 0 Å². The van der Waals surface area contributed by atoms with E-state index in [2.05, 4.69) is 46.7 Å². The van der Waals surface area contributed by atoms with Crippen molar-refractivity contribution in [3.63, 3.8) is 0 Å². The van der Waals surface area contributed by atoms with E-state index in [9.17, 15) is 0 Å².